The zero-order valence-electron chi connectivity index (χ0n) is 54.0. The van der Waals surface area contributed by atoms with E-state index in [9.17, 15) is 14.4 Å². The SMILES string of the molecule is CC/C=C\C/C=C\C/C=C\C/C=C\C/C=C\C/C=C\CCCCCCCCC(=O)OC(COC(=O)CCCCC/C=C\C/C=C\C/C=C\CC)COC(=O)CCCCCCCCCCCCCCCCCCCCCCCCCCCC. The number of carbonyl (C=O) groups is 3. The number of hydrogen-bond acceptors (Lipinski definition) is 6. The van der Waals surface area contributed by atoms with E-state index in [0.29, 0.717) is 19.3 Å². The highest BCUT2D eigenvalue weighted by Crippen LogP contribution is 2.18. The normalized spacial score (nSPS) is 12.8. The first kappa shape index (κ1) is 78.1. The molecule has 82 heavy (non-hydrogen) atoms. The number of unbranched alkanes of at least 4 members (excludes halogenated alkanes) is 34. The van der Waals surface area contributed by atoms with Crippen molar-refractivity contribution >= 4 is 17.9 Å². The van der Waals surface area contributed by atoms with E-state index in [-0.39, 0.29) is 31.1 Å². The highest BCUT2D eigenvalue weighted by atomic mass is 16.6. The van der Waals surface area contributed by atoms with E-state index in [1.54, 1.807) is 0 Å². The molecule has 0 aliphatic carbocycles. The smallest absolute Gasteiger partial charge is 0.306 e. The molecule has 0 bridgehead atoms. The number of esters is 3. The largest absolute Gasteiger partial charge is 0.462 e. The van der Waals surface area contributed by atoms with Crippen molar-refractivity contribution in [3.8, 4) is 0 Å². The molecule has 0 aromatic heterocycles. The fourth-order valence-electron chi connectivity index (χ4n) is 9.88. The Kier molecular flexibility index (Phi) is 66.2. The van der Waals surface area contributed by atoms with Crippen LogP contribution in [0.2, 0.25) is 0 Å². The second kappa shape index (κ2) is 69.6. The van der Waals surface area contributed by atoms with Crippen molar-refractivity contribution in [2.45, 2.75) is 341 Å². The Morgan fingerprint density at radius 1 is 0.256 bits per heavy atom. The number of ether oxygens (including phenoxy) is 3. The predicted molar refractivity (Wildman–Crippen MR) is 357 cm³/mol. The first-order chi connectivity index (χ1) is 40.5. The summed E-state index contributed by atoms with van der Waals surface area (Å²) in [4.78, 5) is 38.4. The maximum absolute atomic E-state index is 12.9. The average Bonchev–Trinajstić information content (AvgIpc) is 3.47. The zero-order chi connectivity index (χ0) is 59.2. The van der Waals surface area contributed by atoms with Gasteiger partial charge in [0, 0.05) is 19.3 Å². The highest BCUT2D eigenvalue weighted by molar-refractivity contribution is 5.71. The standard InChI is InChI=1S/C76H130O6/c1-4-7-10-13-16-19-22-25-27-29-31-33-35-37-39-40-42-44-46-48-51-54-57-60-63-66-69-75(78)81-72-73(71-80-74(77)68-65-62-59-56-53-50-24-21-18-15-12-9-6-3)82-76(79)70-67-64-61-58-55-52-49-47-45-43-41-38-36-34-32-30-28-26-23-20-17-14-11-8-5-2/h8-9,11-12,17-18,20-21,26,28,32,34,38,41,45,47,50,53,73H,4-7,10,13-16,19,22-25,27,29-31,33,35-37,39-40,42-44,46,48-49,51-52,54-72H2,1-3H3/b11-8-,12-9-,20-17-,21-18-,28-26-,34-32-,41-38-,47-45-,53-50-. The molecule has 0 saturated heterocycles. The van der Waals surface area contributed by atoms with Crippen LogP contribution in [0.4, 0.5) is 0 Å². The number of hydrogen-bond donors (Lipinski definition) is 0. The van der Waals surface area contributed by atoms with Crippen LogP contribution in [0, 0.1) is 0 Å². The van der Waals surface area contributed by atoms with E-state index in [0.717, 1.165) is 135 Å². The van der Waals surface area contributed by atoms with Crippen LogP contribution in [0.5, 0.6) is 0 Å². The van der Waals surface area contributed by atoms with Crippen LogP contribution in [0.1, 0.15) is 335 Å². The van der Waals surface area contributed by atoms with Gasteiger partial charge < -0.3 is 14.2 Å². The molecule has 0 heterocycles. The molecule has 0 spiro atoms. The first-order valence-corrected chi connectivity index (χ1v) is 34.9. The molecule has 0 amide bonds. The van der Waals surface area contributed by atoms with Crippen molar-refractivity contribution in [3.05, 3.63) is 109 Å². The third-order valence-electron chi connectivity index (χ3n) is 15.0. The van der Waals surface area contributed by atoms with Gasteiger partial charge in [0.2, 0.25) is 0 Å². The van der Waals surface area contributed by atoms with Crippen LogP contribution in [0.25, 0.3) is 0 Å². The monoisotopic (exact) mass is 1140 g/mol. The molecule has 1 unspecified atom stereocenters. The van der Waals surface area contributed by atoms with E-state index in [1.807, 2.05) is 0 Å². The molecular weight excluding hydrogens is 1010 g/mol. The zero-order valence-corrected chi connectivity index (χ0v) is 54.0. The van der Waals surface area contributed by atoms with Gasteiger partial charge in [-0.05, 0) is 103 Å². The Morgan fingerprint density at radius 2 is 0.476 bits per heavy atom. The summed E-state index contributed by atoms with van der Waals surface area (Å²) in [6, 6.07) is 0. The van der Waals surface area contributed by atoms with E-state index in [1.165, 1.54) is 161 Å². The molecule has 6 heteroatoms. The Morgan fingerprint density at radius 3 is 0.756 bits per heavy atom. The third kappa shape index (κ3) is 66.9. The van der Waals surface area contributed by atoms with Gasteiger partial charge in [-0.2, -0.15) is 0 Å². The van der Waals surface area contributed by atoms with E-state index in [4.69, 9.17) is 14.2 Å². The maximum Gasteiger partial charge on any atom is 0.306 e. The molecular formula is C76H130O6. The number of carbonyl (C=O) groups excluding carboxylic acids is 3. The van der Waals surface area contributed by atoms with Crippen LogP contribution in [0.15, 0.2) is 109 Å². The Hall–Kier alpha value is -3.93. The molecule has 0 rings (SSSR count). The summed E-state index contributed by atoms with van der Waals surface area (Å²) < 4.78 is 16.9. The van der Waals surface area contributed by atoms with Crippen LogP contribution < -0.4 is 0 Å². The van der Waals surface area contributed by atoms with Gasteiger partial charge in [0.15, 0.2) is 6.10 Å². The van der Waals surface area contributed by atoms with Crippen LogP contribution in [0.3, 0.4) is 0 Å². The van der Waals surface area contributed by atoms with Crippen molar-refractivity contribution in [1.29, 1.82) is 0 Å². The van der Waals surface area contributed by atoms with Crippen molar-refractivity contribution in [1.82, 2.24) is 0 Å². The topological polar surface area (TPSA) is 78.9 Å². The summed E-state index contributed by atoms with van der Waals surface area (Å²) in [7, 11) is 0. The molecule has 0 radical (unpaired) electrons. The molecule has 1 atom stereocenters. The minimum atomic E-state index is -0.801. The van der Waals surface area contributed by atoms with Crippen molar-refractivity contribution in [3.63, 3.8) is 0 Å². The van der Waals surface area contributed by atoms with Gasteiger partial charge in [0.1, 0.15) is 13.2 Å². The summed E-state index contributed by atoms with van der Waals surface area (Å²) >= 11 is 0. The Balaban J connectivity index is 4.32. The average molecular weight is 1140 g/mol. The fraction of sp³-hybridized carbons (Fsp3) is 0.724. The minimum absolute atomic E-state index is 0.0922. The lowest BCUT2D eigenvalue weighted by Crippen LogP contribution is -2.30. The molecule has 470 valence electrons. The molecule has 0 fully saturated rings. The van der Waals surface area contributed by atoms with Crippen molar-refractivity contribution < 1.29 is 28.6 Å². The van der Waals surface area contributed by atoms with Gasteiger partial charge in [-0.3, -0.25) is 14.4 Å². The van der Waals surface area contributed by atoms with Crippen LogP contribution in [-0.4, -0.2) is 37.2 Å². The fourth-order valence-corrected chi connectivity index (χ4v) is 9.88. The lowest BCUT2D eigenvalue weighted by molar-refractivity contribution is -0.167. The molecule has 0 N–H and O–H groups in total. The first-order valence-electron chi connectivity index (χ1n) is 34.9. The van der Waals surface area contributed by atoms with Gasteiger partial charge in [-0.25, -0.2) is 0 Å². The third-order valence-corrected chi connectivity index (χ3v) is 15.0. The number of allylic oxidation sites excluding steroid dienone is 18. The van der Waals surface area contributed by atoms with Crippen molar-refractivity contribution in [2.75, 3.05) is 13.2 Å². The Labute approximate surface area is 508 Å². The van der Waals surface area contributed by atoms with E-state index >= 15 is 0 Å². The maximum atomic E-state index is 12.9. The van der Waals surface area contributed by atoms with Crippen molar-refractivity contribution in [2.24, 2.45) is 0 Å². The Bertz CT molecular complexity index is 1640. The van der Waals surface area contributed by atoms with E-state index in [2.05, 4.69) is 130 Å². The highest BCUT2D eigenvalue weighted by Gasteiger charge is 2.19. The summed E-state index contributed by atoms with van der Waals surface area (Å²) in [6.07, 6.45) is 95.5. The summed E-state index contributed by atoms with van der Waals surface area (Å²) in [5.41, 5.74) is 0. The molecule has 0 aromatic carbocycles. The van der Waals surface area contributed by atoms with Gasteiger partial charge in [0.25, 0.3) is 0 Å². The quantitative estimate of drug-likeness (QED) is 0.0261. The van der Waals surface area contributed by atoms with Gasteiger partial charge >= 0.3 is 17.9 Å². The lowest BCUT2D eigenvalue weighted by Gasteiger charge is -2.18. The predicted octanol–water partition coefficient (Wildman–Crippen LogP) is 24.2. The van der Waals surface area contributed by atoms with Crippen LogP contribution in [-0.2, 0) is 28.6 Å². The molecule has 0 aliphatic heterocycles. The van der Waals surface area contributed by atoms with Gasteiger partial charge in [0.05, 0.1) is 0 Å². The second-order valence-electron chi connectivity index (χ2n) is 23.0. The van der Waals surface area contributed by atoms with E-state index < -0.39 is 6.10 Å². The molecule has 0 saturated carbocycles. The molecule has 0 aliphatic rings. The van der Waals surface area contributed by atoms with Crippen LogP contribution >= 0.6 is 0 Å². The summed E-state index contributed by atoms with van der Waals surface area (Å²) in [5, 5.41) is 0. The van der Waals surface area contributed by atoms with Gasteiger partial charge in [-0.1, -0.05) is 323 Å². The minimum Gasteiger partial charge on any atom is -0.462 e. The lowest BCUT2D eigenvalue weighted by atomic mass is 10.0. The van der Waals surface area contributed by atoms with Gasteiger partial charge in [-0.15, -0.1) is 0 Å². The molecule has 6 nitrogen and oxygen atoms in total. The number of rotatable bonds is 63. The summed E-state index contributed by atoms with van der Waals surface area (Å²) in [5.74, 6) is -0.926. The second-order valence-corrected chi connectivity index (χ2v) is 23.0. The molecule has 0 aromatic rings. The summed E-state index contributed by atoms with van der Waals surface area (Å²) in [6.45, 7) is 6.41.